The Kier molecular flexibility index (Phi) is 3.07. The maximum Gasteiger partial charge on any atom is 0.153 e. The van der Waals surface area contributed by atoms with E-state index in [4.69, 9.17) is 5.26 Å². The first kappa shape index (κ1) is 8.73. The summed E-state index contributed by atoms with van der Waals surface area (Å²) in [5.74, 6) is -0.102. The fourth-order valence-corrected chi connectivity index (χ4v) is 2.06. The third kappa shape index (κ3) is 1.81. The molecule has 0 bridgehead atoms. The van der Waals surface area contributed by atoms with Crippen LogP contribution >= 0.6 is 15.9 Å². The van der Waals surface area contributed by atoms with Crippen LogP contribution in [-0.4, -0.2) is 11.1 Å². The van der Waals surface area contributed by atoms with Gasteiger partial charge in [-0.15, -0.1) is 0 Å². The molecule has 60 valence electrons. The van der Waals surface area contributed by atoms with Crippen molar-refractivity contribution in [2.24, 2.45) is 11.8 Å². The highest BCUT2D eigenvalue weighted by molar-refractivity contribution is 9.09. The van der Waals surface area contributed by atoms with Gasteiger partial charge in [-0.1, -0.05) is 22.4 Å². The van der Waals surface area contributed by atoms with Gasteiger partial charge in [-0.05, 0) is 12.8 Å². The minimum atomic E-state index is -0.328. The Morgan fingerprint density at radius 2 is 2.36 bits per heavy atom. The minimum Gasteiger partial charge on any atom is -0.298 e. The number of Topliss-reactive ketones (excluding diaryl/α,β-unsaturated/α-hetero) is 1. The van der Waals surface area contributed by atoms with Gasteiger partial charge in [-0.2, -0.15) is 5.26 Å². The Morgan fingerprint density at radius 1 is 1.64 bits per heavy atom. The van der Waals surface area contributed by atoms with Crippen LogP contribution in [0.5, 0.6) is 0 Å². The average molecular weight is 216 g/mol. The van der Waals surface area contributed by atoms with Crippen molar-refractivity contribution < 1.29 is 4.79 Å². The molecule has 0 aliphatic heterocycles. The predicted molar refractivity (Wildman–Crippen MR) is 45.2 cm³/mol. The van der Waals surface area contributed by atoms with Crippen LogP contribution in [0.1, 0.15) is 19.3 Å². The monoisotopic (exact) mass is 215 g/mol. The molecule has 2 nitrogen and oxygen atoms in total. The molecule has 0 aromatic carbocycles. The summed E-state index contributed by atoms with van der Waals surface area (Å²) in [5.41, 5.74) is 0. The summed E-state index contributed by atoms with van der Waals surface area (Å²) in [6, 6.07) is 2.05. The van der Waals surface area contributed by atoms with Crippen molar-refractivity contribution in [3.8, 4) is 6.07 Å². The van der Waals surface area contributed by atoms with Crippen molar-refractivity contribution in [2.75, 3.05) is 5.33 Å². The van der Waals surface area contributed by atoms with E-state index in [1.165, 1.54) is 0 Å². The van der Waals surface area contributed by atoms with Crippen molar-refractivity contribution in [3.63, 3.8) is 0 Å². The number of ketones is 1. The standard InChI is InChI=1S/C8H10BrNO/c9-4-6-2-1-3-7(5-10)8(6)11/h6-7H,1-4H2. The highest BCUT2D eigenvalue weighted by atomic mass is 79.9. The molecule has 0 spiro atoms. The normalized spacial score (nSPS) is 31.5. The highest BCUT2D eigenvalue weighted by Gasteiger charge is 2.29. The van der Waals surface area contributed by atoms with E-state index >= 15 is 0 Å². The van der Waals surface area contributed by atoms with Crippen molar-refractivity contribution in [1.82, 2.24) is 0 Å². The number of hydrogen-bond acceptors (Lipinski definition) is 2. The van der Waals surface area contributed by atoms with E-state index in [9.17, 15) is 4.79 Å². The number of alkyl halides is 1. The predicted octanol–water partition coefficient (Wildman–Crippen LogP) is 1.89. The number of hydrogen-bond donors (Lipinski definition) is 0. The van der Waals surface area contributed by atoms with Gasteiger partial charge in [0.05, 0.1) is 6.07 Å². The fraction of sp³-hybridized carbons (Fsp3) is 0.750. The molecular weight excluding hydrogens is 206 g/mol. The molecule has 0 saturated heterocycles. The molecule has 1 rings (SSSR count). The topological polar surface area (TPSA) is 40.9 Å². The van der Waals surface area contributed by atoms with Gasteiger partial charge < -0.3 is 0 Å². The molecule has 1 aliphatic carbocycles. The summed E-state index contributed by atoms with van der Waals surface area (Å²) in [4.78, 5) is 11.3. The van der Waals surface area contributed by atoms with Gasteiger partial charge in [0.2, 0.25) is 0 Å². The Balaban J connectivity index is 2.61. The van der Waals surface area contributed by atoms with Crippen molar-refractivity contribution >= 4 is 21.7 Å². The molecule has 1 aliphatic rings. The second-order valence-corrected chi connectivity index (χ2v) is 3.51. The molecule has 1 saturated carbocycles. The summed E-state index contributed by atoms with van der Waals surface area (Å²) in [6.07, 6.45) is 2.72. The minimum absolute atomic E-state index is 0.0911. The largest absolute Gasteiger partial charge is 0.298 e. The maximum absolute atomic E-state index is 11.3. The van der Waals surface area contributed by atoms with Crippen LogP contribution in [0.15, 0.2) is 0 Å². The van der Waals surface area contributed by atoms with Gasteiger partial charge in [0.25, 0.3) is 0 Å². The Bertz CT molecular complexity index is 197. The van der Waals surface area contributed by atoms with Crippen LogP contribution in [0.3, 0.4) is 0 Å². The quantitative estimate of drug-likeness (QED) is 0.628. The molecule has 0 aromatic heterocycles. The molecule has 0 aromatic rings. The summed E-state index contributed by atoms with van der Waals surface area (Å²) in [7, 11) is 0. The number of nitrogens with zero attached hydrogens (tertiary/aromatic N) is 1. The molecule has 0 N–H and O–H groups in total. The first-order chi connectivity index (χ1) is 5.29. The van der Waals surface area contributed by atoms with E-state index in [1.807, 2.05) is 6.07 Å². The molecule has 2 atom stereocenters. The van der Waals surface area contributed by atoms with E-state index in [0.29, 0.717) is 5.33 Å². The van der Waals surface area contributed by atoms with Crippen molar-refractivity contribution in [1.29, 1.82) is 5.26 Å². The van der Waals surface area contributed by atoms with Gasteiger partial charge in [0, 0.05) is 11.2 Å². The SMILES string of the molecule is N#CC1CCCC(CBr)C1=O. The summed E-state index contributed by atoms with van der Waals surface area (Å²) in [6.45, 7) is 0. The lowest BCUT2D eigenvalue weighted by molar-refractivity contribution is -0.126. The van der Waals surface area contributed by atoms with Gasteiger partial charge in [-0.3, -0.25) is 4.79 Å². The molecule has 0 amide bonds. The van der Waals surface area contributed by atoms with E-state index in [2.05, 4.69) is 15.9 Å². The van der Waals surface area contributed by atoms with Crippen LogP contribution in [0.25, 0.3) is 0 Å². The number of rotatable bonds is 1. The molecule has 1 fully saturated rings. The smallest absolute Gasteiger partial charge is 0.153 e. The number of nitriles is 1. The van der Waals surface area contributed by atoms with Crippen LogP contribution < -0.4 is 0 Å². The second kappa shape index (κ2) is 3.87. The maximum atomic E-state index is 11.3. The molecule has 0 radical (unpaired) electrons. The highest BCUT2D eigenvalue weighted by Crippen LogP contribution is 2.26. The lowest BCUT2D eigenvalue weighted by Gasteiger charge is -2.21. The zero-order valence-corrected chi connectivity index (χ0v) is 7.80. The summed E-state index contributed by atoms with van der Waals surface area (Å²) < 4.78 is 0. The Morgan fingerprint density at radius 3 is 2.91 bits per heavy atom. The molecule has 11 heavy (non-hydrogen) atoms. The molecule has 2 unspecified atom stereocenters. The van der Waals surface area contributed by atoms with E-state index < -0.39 is 0 Å². The van der Waals surface area contributed by atoms with Crippen LogP contribution in [0.4, 0.5) is 0 Å². The van der Waals surface area contributed by atoms with Gasteiger partial charge in [0.15, 0.2) is 5.78 Å². The van der Waals surface area contributed by atoms with Crippen LogP contribution in [0, 0.1) is 23.2 Å². The molecule has 0 heterocycles. The first-order valence-corrected chi connectivity index (χ1v) is 4.91. The number of carbonyl (C=O) groups excluding carboxylic acids is 1. The van der Waals surface area contributed by atoms with Crippen LogP contribution in [0.2, 0.25) is 0 Å². The number of carbonyl (C=O) groups is 1. The summed E-state index contributed by atoms with van der Waals surface area (Å²) in [5, 5.41) is 9.30. The van der Waals surface area contributed by atoms with Crippen LogP contribution in [-0.2, 0) is 4.79 Å². The van der Waals surface area contributed by atoms with Crippen molar-refractivity contribution in [3.05, 3.63) is 0 Å². The number of halogens is 1. The third-order valence-corrected chi connectivity index (χ3v) is 2.91. The zero-order valence-electron chi connectivity index (χ0n) is 6.22. The Hall–Kier alpha value is -0.360. The van der Waals surface area contributed by atoms with E-state index in [-0.39, 0.29) is 17.6 Å². The Labute approximate surface area is 74.7 Å². The average Bonchev–Trinajstić information content (AvgIpc) is 2.05. The third-order valence-electron chi connectivity index (χ3n) is 2.13. The zero-order chi connectivity index (χ0) is 8.27. The van der Waals surface area contributed by atoms with E-state index in [0.717, 1.165) is 19.3 Å². The molecular formula is C8H10BrNO. The second-order valence-electron chi connectivity index (χ2n) is 2.87. The van der Waals surface area contributed by atoms with Gasteiger partial charge >= 0.3 is 0 Å². The first-order valence-electron chi connectivity index (χ1n) is 3.79. The lowest BCUT2D eigenvalue weighted by atomic mass is 9.82. The fourth-order valence-electron chi connectivity index (χ4n) is 1.42. The van der Waals surface area contributed by atoms with E-state index in [1.54, 1.807) is 0 Å². The van der Waals surface area contributed by atoms with Gasteiger partial charge in [0.1, 0.15) is 5.92 Å². The summed E-state index contributed by atoms with van der Waals surface area (Å²) >= 11 is 3.28. The molecule has 3 heteroatoms. The van der Waals surface area contributed by atoms with Crippen molar-refractivity contribution in [2.45, 2.75) is 19.3 Å². The lowest BCUT2D eigenvalue weighted by Crippen LogP contribution is -2.28. The van der Waals surface area contributed by atoms with Gasteiger partial charge in [-0.25, -0.2) is 0 Å².